The van der Waals surface area contributed by atoms with Crippen molar-refractivity contribution in [2.75, 3.05) is 19.7 Å². The van der Waals surface area contributed by atoms with Gasteiger partial charge in [0.25, 0.3) is 0 Å². The van der Waals surface area contributed by atoms with Crippen LogP contribution in [0.1, 0.15) is 36.9 Å². The fourth-order valence-corrected chi connectivity index (χ4v) is 4.62. The van der Waals surface area contributed by atoms with E-state index in [1.54, 1.807) is 0 Å². The van der Waals surface area contributed by atoms with Crippen LogP contribution >= 0.6 is 0 Å². The van der Waals surface area contributed by atoms with Gasteiger partial charge in [0, 0.05) is 38.4 Å². The Morgan fingerprint density at radius 3 is 2.84 bits per heavy atom. The molecule has 134 valence electrons. The van der Waals surface area contributed by atoms with E-state index in [4.69, 9.17) is 4.74 Å². The van der Waals surface area contributed by atoms with E-state index >= 15 is 0 Å². The number of hydrogen-bond donors (Lipinski definition) is 0. The molecule has 4 heteroatoms. The molecule has 0 spiro atoms. The first-order chi connectivity index (χ1) is 12.2. The van der Waals surface area contributed by atoms with Gasteiger partial charge in [0.1, 0.15) is 0 Å². The normalized spacial score (nSPS) is 27.2. The van der Waals surface area contributed by atoms with Crippen molar-refractivity contribution in [1.82, 2.24) is 14.7 Å². The number of ether oxygens (including phenoxy) is 1. The molecule has 2 aliphatic rings. The van der Waals surface area contributed by atoms with E-state index in [0.29, 0.717) is 11.5 Å². The maximum absolute atomic E-state index is 6.18. The molecule has 0 amide bonds. The molecule has 4 rings (SSSR count). The summed E-state index contributed by atoms with van der Waals surface area (Å²) in [6.07, 6.45) is 8.54. The van der Waals surface area contributed by atoms with Gasteiger partial charge in [-0.05, 0) is 50.3 Å². The second-order valence-electron chi connectivity index (χ2n) is 7.79. The van der Waals surface area contributed by atoms with Gasteiger partial charge < -0.3 is 4.74 Å². The van der Waals surface area contributed by atoms with Crippen LogP contribution < -0.4 is 0 Å². The highest BCUT2D eigenvalue weighted by Crippen LogP contribution is 2.43. The highest BCUT2D eigenvalue weighted by molar-refractivity contribution is 5.15. The zero-order chi connectivity index (χ0) is 17.1. The van der Waals surface area contributed by atoms with Gasteiger partial charge in [0.05, 0.1) is 11.8 Å². The van der Waals surface area contributed by atoms with Crippen LogP contribution in [0.3, 0.4) is 0 Å². The van der Waals surface area contributed by atoms with Crippen LogP contribution in [0.4, 0.5) is 0 Å². The summed E-state index contributed by atoms with van der Waals surface area (Å²) >= 11 is 0. The van der Waals surface area contributed by atoms with E-state index in [-0.39, 0.29) is 0 Å². The summed E-state index contributed by atoms with van der Waals surface area (Å²) in [5.41, 5.74) is 2.93. The number of hydrogen-bond acceptors (Lipinski definition) is 3. The predicted octanol–water partition coefficient (Wildman–Crippen LogP) is 3.42. The van der Waals surface area contributed by atoms with Crippen molar-refractivity contribution in [2.24, 2.45) is 12.5 Å². The Morgan fingerprint density at radius 1 is 1.24 bits per heavy atom. The first kappa shape index (κ1) is 16.8. The highest BCUT2D eigenvalue weighted by atomic mass is 16.5. The van der Waals surface area contributed by atoms with Crippen LogP contribution in [0.5, 0.6) is 0 Å². The number of nitrogens with zero attached hydrogens (tertiary/aromatic N) is 3. The van der Waals surface area contributed by atoms with E-state index < -0.39 is 0 Å². The lowest BCUT2D eigenvalue weighted by molar-refractivity contribution is -0.00187. The molecule has 3 heterocycles. The third kappa shape index (κ3) is 3.80. The molecule has 0 aliphatic carbocycles. The van der Waals surface area contributed by atoms with E-state index in [0.717, 1.165) is 32.7 Å². The van der Waals surface area contributed by atoms with Crippen LogP contribution in [0, 0.1) is 5.41 Å². The smallest absolute Gasteiger partial charge is 0.0764 e. The van der Waals surface area contributed by atoms with E-state index in [9.17, 15) is 0 Å². The molecule has 0 saturated carbocycles. The van der Waals surface area contributed by atoms with Gasteiger partial charge in [-0.3, -0.25) is 9.58 Å². The molecule has 0 bridgehead atoms. The predicted molar refractivity (Wildman–Crippen MR) is 99.3 cm³/mol. The Balaban J connectivity index is 1.45. The standard InChI is InChI=1S/C21H29N3O/c1-23-13-10-19(22-23)16-24-14-12-21(17-24,20-8-5-15-25-20)11-9-18-6-3-2-4-7-18/h2-4,6-7,10,13,20H,5,8-9,11-12,14-17H2,1H3. The second kappa shape index (κ2) is 7.30. The van der Waals surface area contributed by atoms with E-state index in [1.807, 2.05) is 17.9 Å². The molecule has 1 aromatic carbocycles. The summed E-state index contributed by atoms with van der Waals surface area (Å²) in [6.45, 7) is 4.20. The Labute approximate surface area is 150 Å². The summed E-state index contributed by atoms with van der Waals surface area (Å²) < 4.78 is 8.08. The van der Waals surface area contributed by atoms with Crippen molar-refractivity contribution in [3.05, 3.63) is 53.9 Å². The van der Waals surface area contributed by atoms with Gasteiger partial charge in [-0.1, -0.05) is 30.3 Å². The van der Waals surface area contributed by atoms with Gasteiger partial charge in [0.2, 0.25) is 0 Å². The van der Waals surface area contributed by atoms with Gasteiger partial charge in [-0.2, -0.15) is 5.10 Å². The molecule has 2 fully saturated rings. The molecule has 2 aromatic rings. The van der Waals surface area contributed by atoms with Crippen molar-refractivity contribution < 1.29 is 4.74 Å². The van der Waals surface area contributed by atoms with E-state index in [1.165, 1.54) is 36.9 Å². The number of rotatable bonds is 6. The largest absolute Gasteiger partial charge is 0.378 e. The molecule has 2 unspecified atom stereocenters. The number of benzene rings is 1. The Morgan fingerprint density at radius 2 is 2.12 bits per heavy atom. The quantitative estimate of drug-likeness (QED) is 0.808. The SMILES string of the molecule is Cn1ccc(CN2CCC(CCc3ccccc3)(C3CCCO3)C2)n1. The minimum absolute atomic E-state index is 0.307. The van der Waals surface area contributed by atoms with Crippen LogP contribution in [-0.4, -0.2) is 40.5 Å². The zero-order valence-electron chi connectivity index (χ0n) is 15.2. The lowest BCUT2D eigenvalue weighted by atomic mass is 9.75. The molecular weight excluding hydrogens is 310 g/mol. The first-order valence-electron chi connectivity index (χ1n) is 9.60. The van der Waals surface area contributed by atoms with Crippen LogP contribution in [0.2, 0.25) is 0 Å². The van der Waals surface area contributed by atoms with Crippen LogP contribution in [0.25, 0.3) is 0 Å². The fourth-order valence-electron chi connectivity index (χ4n) is 4.62. The topological polar surface area (TPSA) is 30.3 Å². The fraction of sp³-hybridized carbons (Fsp3) is 0.571. The first-order valence-corrected chi connectivity index (χ1v) is 9.60. The number of likely N-dealkylation sites (tertiary alicyclic amines) is 1. The summed E-state index contributed by atoms with van der Waals surface area (Å²) in [4.78, 5) is 2.58. The monoisotopic (exact) mass is 339 g/mol. The van der Waals surface area contributed by atoms with Gasteiger partial charge in [-0.25, -0.2) is 0 Å². The molecule has 2 aliphatic heterocycles. The molecular formula is C21H29N3O. The molecule has 0 N–H and O–H groups in total. The molecule has 2 atom stereocenters. The third-order valence-corrected chi connectivity index (χ3v) is 5.99. The molecule has 2 saturated heterocycles. The van der Waals surface area contributed by atoms with Crippen molar-refractivity contribution >= 4 is 0 Å². The van der Waals surface area contributed by atoms with Crippen molar-refractivity contribution in [3.63, 3.8) is 0 Å². The summed E-state index contributed by atoms with van der Waals surface area (Å²) in [7, 11) is 1.99. The highest BCUT2D eigenvalue weighted by Gasteiger charge is 2.45. The average molecular weight is 339 g/mol. The third-order valence-electron chi connectivity index (χ3n) is 5.99. The van der Waals surface area contributed by atoms with Crippen LogP contribution in [0.15, 0.2) is 42.6 Å². The Hall–Kier alpha value is -1.65. The summed E-state index contributed by atoms with van der Waals surface area (Å²) in [5.74, 6) is 0. The molecule has 0 radical (unpaired) electrons. The van der Waals surface area contributed by atoms with Gasteiger partial charge in [-0.15, -0.1) is 0 Å². The van der Waals surface area contributed by atoms with Crippen molar-refractivity contribution in [2.45, 2.75) is 44.8 Å². The summed E-state index contributed by atoms with van der Waals surface area (Å²) in [5, 5.41) is 4.56. The molecule has 4 nitrogen and oxygen atoms in total. The zero-order valence-corrected chi connectivity index (χ0v) is 15.2. The minimum Gasteiger partial charge on any atom is -0.378 e. The van der Waals surface area contributed by atoms with Crippen LogP contribution in [-0.2, 0) is 24.8 Å². The lowest BCUT2D eigenvalue weighted by Gasteiger charge is -2.35. The Kier molecular flexibility index (Phi) is 4.91. The lowest BCUT2D eigenvalue weighted by Crippen LogP contribution is -2.38. The maximum Gasteiger partial charge on any atom is 0.0764 e. The van der Waals surface area contributed by atoms with Crippen molar-refractivity contribution in [1.29, 1.82) is 0 Å². The minimum atomic E-state index is 0.307. The average Bonchev–Trinajstić information content (AvgIpc) is 3.36. The van der Waals surface area contributed by atoms with Gasteiger partial charge in [0.15, 0.2) is 0 Å². The molecule has 1 aromatic heterocycles. The maximum atomic E-state index is 6.18. The molecule has 25 heavy (non-hydrogen) atoms. The number of aromatic nitrogens is 2. The van der Waals surface area contributed by atoms with Gasteiger partial charge >= 0.3 is 0 Å². The Bertz CT molecular complexity index is 677. The van der Waals surface area contributed by atoms with Crippen molar-refractivity contribution in [3.8, 4) is 0 Å². The summed E-state index contributed by atoms with van der Waals surface area (Å²) in [6, 6.07) is 13.0. The van der Waals surface area contributed by atoms with E-state index in [2.05, 4.69) is 46.4 Å². The number of aryl methyl sites for hydroxylation is 2. The second-order valence-corrected chi connectivity index (χ2v) is 7.79.